The third kappa shape index (κ3) is 6.00. The highest BCUT2D eigenvalue weighted by Gasteiger charge is 2.21. The first-order valence-corrected chi connectivity index (χ1v) is 9.20. The van der Waals surface area contributed by atoms with E-state index >= 15 is 0 Å². The van der Waals surface area contributed by atoms with Gasteiger partial charge in [0.05, 0.1) is 41.6 Å². The molecule has 156 valence electrons. The molecule has 1 fully saturated rings. The molecule has 9 heteroatoms. The second-order valence-electron chi connectivity index (χ2n) is 6.61. The molecule has 1 aromatic carbocycles. The van der Waals surface area contributed by atoms with Crippen LogP contribution in [0.1, 0.15) is 5.56 Å². The van der Waals surface area contributed by atoms with E-state index < -0.39 is 0 Å². The van der Waals surface area contributed by atoms with Gasteiger partial charge in [-0.3, -0.25) is 9.59 Å². The van der Waals surface area contributed by atoms with E-state index in [4.69, 9.17) is 18.9 Å². The first-order valence-electron chi connectivity index (χ1n) is 9.20. The lowest BCUT2D eigenvalue weighted by molar-refractivity contribution is -0.863. The van der Waals surface area contributed by atoms with Crippen LogP contribution in [0.15, 0.2) is 12.1 Å². The fraction of sp³-hybridized carbons (Fsp3) is 0.579. The molecule has 2 N–H and O–H groups in total. The summed E-state index contributed by atoms with van der Waals surface area (Å²) in [5, 5.41) is 2.87. The number of nitrogens with zero attached hydrogens (tertiary/aromatic N) is 1. The summed E-state index contributed by atoms with van der Waals surface area (Å²) >= 11 is 0. The molecule has 0 spiro atoms. The van der Waals surface area contributed by atoms with Gasteiger partial charge in [-0.25, -0.2) is 0 Å². The van der Waals surface area contributed by atoms with Crippen LogP contribution < -0.4 is 24.4 Å². The number of methoxy groups -OCH3 is 3. The fourth-order valence-electron chi connectivity index (χ4n) is 3.02. The summed E-state index contributed by atoms with van der Waals surface area (Å²) < 4.78 is 21.2. The van der Waals surface area contributed by atoms with Crippen LogP contribution >= 0.6 is 0 Å². The van der Waals surface area contributed by atoms with E-state index in [0.717, 1.165) is 10.5 Å². The Kier molecular flexibility index (Phi) is 8.34. The molecule has 28 heavy (non-hydrogen) atoms. The minimum atomic E-state index is -0.138. The molecular formula is C19H30N3O6+. The van der Waals surface area contributed by atoms with Crippen molar-refractivity contribution in [3.63, 3.8) is 0 Å². The molecule has 0 saturated carbocycles. The number of hydrogen-bond acceptors (Lipinski definition) is 6. The lowest BCUT2D eigenvalue weighted by atomic mass is 10.1. The van der Waals surface area contributed by atoms with Gasteiger partial charge < -0.3 is 34.1 Å². The highest BCUT2D eigenvalue weighted by molar-refractivity contribution is 5.79. The molecule has 2 rings (SSSR count). The maximum absolute atomic E-state index is 12.3. The van der Waals surface area contributed by atoms with Crippen molar-refractivity contribution in [1.29, 1.82) is 0 Å². The summed E-state index contributed by atoms with van der Waals surface area (Å²) in [6, 6.07) is 3.58. The summed E-state index contributed by atoms with van der Waals surface area (Å²) in [5.74, 6) is 1.47. The van der Waals surface area contributed by atoms with Crippen molar-refractivity contribution in [1.82, 2.24) is 10.2 Å². The van der Waals surface area contributed by atoms with Gasteiger partial charge in [-0.15, -0.1) is 0 Å². The Balaban J connectivity index is 1.85. The van der Waals surface area contributed by atoms with E-state index in [1.165, 1.54) is 0 Å². The average Bonchev–Trinajstić information content (AvgIpc) is 2.71. The first-order chi connectivity index (χ1) is 13.5. The third-order valence-corrected chi connectivity index (χ3v) is 4.49. The Labute approximate surface area is 165 Å². The SMILES string of the molecule is COc1cc(CNC(=O)C[NH+](C)CC(=O)N2CCOCC2)cc(OC)c1OC. The Morgan fingerprint density at radius 2 is 1.68 bits per heavy atom. The number of benzene rings is 1. The highest BCUT2D eigenvalue weighted by atomic mass is 16.5. The summed E-state index contributed by atoms with van der Waals surface area (Å²) in [4.78, 5) is 27.1. The maximum Gasteiger partial charge on any atom is 0.277 e. The van der Waals surface area contributed by atoms with Crippen LogP contribution in [0.5, 0.6) is 17.2 Å². The monoisotopic (exact) mass is 396 g/mol. The van der Waals surface area contributed by atoms with Gasteiger partial charge in [-0.05, 0) is 17.7 Å². The number of hydrogen-bond donors (Lipinski definition) is 2. The number of rotatable bonds is 9. The topological polar surface area (TPSA) is 90.8 Å². The lowest BCUT2D eigenvalue weighted by Crippen LogP contribution is -3.11. The molecule has 0 bridgehead atoms. The summed E-state index contributed by atoms with van der Waals surface area (Å²) in [5.41, 5.74) is 0.824. The highest BCUT2D eigenvalue weighted by Crippen LogP contribution is 2.38. The number of likely N-dealkylation sites (N-methyl/N-ethyl adjacent to an activating group) is 1. The minimum Gasteiger partial charge on any atom is -0.493 e. The van der Waals surface area contributed by atoms with Gasteiger partial charge in [0.2, 0.25) is 5.75 Å². The Morgan fingerprint density at radius 1 is 1.07 bits per heavy atom. The maximum atomic E-state index is 12.3. The number of morpholine rings is 1. The summed E-state index contributed by atoms with van der Waals surface area (Å²) in [6.45, 7) is 3.16. The number of carbonyl (C=O) groups is 2. The van der Waals surface area contributed by atoms with Crippen molar-refractivity contribution in [2.45, 2.75) is 6.54 Å². The van der Waals surface area contributed by atoms with Crippen LogP contribution in [-0.2, 0) is 20.9 Å². The van der Waals surface area contributed by atoms with Crippen LogP contribution in [0, 0.1) is 0 Å². The van der Waals surface area contributed by atoms with Crippen LogP contribution in [0.4, 0.5) is 0 Å². The van der Waals surface area contributed by atoms with Gasteiger partial charge >= 0.3 is 0 Å². The van der Waals surface area contributed by atoms with Crippen molar-refractivity contribution < 1.29 is 33.4 Å². The predicted molar refractivity (Wildman–Crippen MR) is 102 cm³/mol. The molecule has 1 aliphatic heterocycles. The predicted octanol–water partition coefficient (Wildman–Crippen LogP) is -1.30. The largest absolute Gasteiger partial charge is 0.493 e. The molecule has 1 unspecified atom stereocenters. The number of nitrogens with one attached hydrogen (secondary N) is 2. The van der Waals surface area contributed by atoms with E-state index in [0.29, 0.717) is 50.1 Å². The van der Waals surface area contributed by atoms with Crippen LogP contribution in [0.25, 0.3) is 0 Å². The molecule has 1 aliphatic rings. The molecule has 1 aromatic rings. The van der Waals surface area contributed by atoms with Gasteiger partial charge in [-0.1, -0.05) is 0 Å². The third-order valence-electron chi connectivity index (χ3n) is 4.49. The molecule has 2 amide bonds. The molecular weight excluding hydrogens is 366 g/mol. The minimum absolute atomic E-state index is 0.0400. The van der Waals surface area contributed by atoms with Crippen molar-refractivity contribution >= 4 is 11.8 Å². The van der Waals surface area contributed by atoms with Gasteiger partial charge in [0.1, 0.15) is 0 Å². The standard InChI is InChI=1S/C19H29N3O6/c1-21(13-18(24)22-5-7-28-8-6-22)12-17(23)20-11-14-9-15(25-2)19(27-4)16(10-14)26-3/h9-10H,5-8,11-13H2,1-4H3,(H,20,23)/p+1. The zero-order valence-corrected chi connectivity index (χ0v) is 17.0. The fourth-order valence-corrected chi connectivity index (χ4v) is 3.02. The number of ether oxygens (including phenoxy) is 4. The van der Waals surface area contributed by atoms with Crippen molar-refractivity contribution in [2.24, 2.45) is 0 Å². The lowest BCUT2D eigenvalue weighted by Gasteiger charge is -2.27. The first kappa shape index (κ1) is 21.8. The zero-order chi connectivity index (χ0) is 20.5. The second kappa shape index (κ2) is 10.7. The summed E-state index contributed by atoms with van der Waals surface area (Å²) in [6.07, 6.45) is 0. The van der Waals surface area contributed by atoms with E-state index in [9.17, 15) is 9.59 Å². The average molecular weight is 396 g/mol. The molecule has 0 aromatic heterocycles. The van der Waals surface area contributed by atoms with E-state index in [1.807, 2.05) is 7.05 Å². The second-order valence-corrected chi connectivity index (χ2v) is 6.61. The van der Waals surface area contributed by atoms with Gasteiger partial charge in [0.25, 0.3) is 11.8 Å². The van der Waals surface area contributed by atoms with E-state index in [-0.39, 0.29) is 24.9 Å². The van der Waals surface area contributed by atoms with Crippen LogP contribution in [0.3, 0.4) is 0 Å². The summed E-state index contributed by atoms with van der Waals surface area (Å²) in [7, 11) is 6.46. The quantitative estimate of drug-likeness (QED) is 0.539. The Morgan fingerprint density at radius 3 is 2.21 bits per heavy atom. The molecule has 1 saturated heterocycles. The van der Waals surface area contributed by atoms with Crippen LogP contribution in [-0.4, -0.2) is 84.5 Å². The molecule has 0 radical (unpaired) electrons. The Bertz CT molecular complexity index is 651. The van der Waals surface area contributed by atoms with Gasteiger partial charge in [0, 0.05) is 19.6 Å². The van der Waals surface area contributed by atoms with Crippen molar-refractivity contribution in [2.75, 3.05) is 67.8 Å². The van der Waals surface area contributed by atoms with Gasteiger partial charge in [-0.2, -0.15) is 0 Å². The zero-order valence-electron chi connectivity index (χ0n) is 17.0. The normalized spacial score (nSPS) is 14.9. The molecule has 1 heterocycles. The van der Waals surface area contributed by atoms with Crippen molar-refractivity contribution in [3.8, 4) is 17.2 Å². The molecule has 1 atom stereocenters. The smallest absolute Gasteiger partial charge is 0.277 e. The van der Waals surface area contributed by atoms with E-state index in [1.54, 1.807) is 38.4 Å². The number of carbonyl (C=O) groups excluding carboxylic acids is 2. The van der Waals surface area contributed by atoms with Crippen molar-refractivity contribution in [3.05, 3.63) is 17.7 Å². The van der Waals surface area contributed by atoms with E-state index in [2.05, 4.69) is 5.32 Å². The Hall–Kier alpha value is -2.52. The van der Waals surface area contributed by atoms with Gasteiger partial charge in [0.15, 0.2) is 24.6 Å². The number of quaternary nitrogens is 1. The van der Waals surface area contributed by atoms with Crippen LogP contribution in [0.2, 0.25) is 0 Å². The molecule has 9 nitrogen and oxygen atoms in total. The number of amides is 2. The molecule has 0 aliphatic carbocycles.